The van der Waals surface area contributed by atoms with Crippen molar-refractivity contribution in [2.75, 3.05) is 0 Å². The molecule has 0 fully saturated rings. The predicted molar refractivity (Wildman–Crippen MR) is 96.3 cm³/mol. The molecule has 0 aliphatic rings. The van der Waals surface area contributed by atoms with Crippen LogP contribution in [0.1, 0.15) is 27.2 Å². The molecular formula is C20H17N3O2. The van der Waals surface area contributed by atoms with Gasteiger partial charge in [0.1, 0.15) is 5.69 Å². The van der Waals surface area contributed by atoms with Gasteiger partial charge in [0.05, 0.1) is 0 Å². The first-order chi connectivity index (χ1) is 12.1. The largest absolute Gasteiger partial charge is 0.363 e. The van der Waals surface area contributed by atoms with Crippen LogP contribution in [0.15, 0.2) is 59.3 Å². The molecule has 5 heteroatoms. The van der Waals surface area contributed by atoms with Gasteiger partial charge in [0.2, 0.25) is 5.76 Å². The first-order valence-electron chi connectivity index (χ1n) is 8.03. The number of fused-ring (bicyclic) bond motifs is 1. The number of amides is 1. The Labute approximate surface area is 144 Å². The zero-order valence-electron chi connectivity index (χ0n) is 13.7. The van der Waals surface area contributed by atoms with Gasteiger partial charge in [-0.2, -0.15) is 0 Å². The van der Waals surface area contributed by atoms with Gasteiger partial charge in [-0.25, -0.2) is 0 Å². The second kappa shape index (κ2) is 5.94. The maximum Gasteiger partial charge on any atom is 0.287 e. The topological polar surface area (TPSA) is 84.9 Å². The maximum absolute atomic E-state index is 11.1. The monoisotopic (exact) mass is 331 g/mol. The van der Waals surface area contributed by atoms with Crippen LogP contribution in [0.25, 0.3) is 22.2 Å². The van der Waals surface area contributed by atoms with E-state index < -0.39 is 5.91 Å². The highest BCUT2D eigenvalue weighted by molar-refractivity contribution is 5.91. The number of H-pyrrole nitrogens is 1. The van der Waals surface area contributed by atoms with E-state index in [1.54, 1.807) is 6.07 Å². The number of nitrogens with zero attached hydrogens (tertiary/aromatic N) is 1. The summed E-state index contributed by atoms with van der Waals surface area (Å²) in [6.45, 7) is 2.13. The smallest absolute Gasteiger partial charge is 0.287 e. The van der Waals surface area contributed by atoms with Crippen LogP contribution in [0.5, 0.6) is 0 Å². The minimum atomic E-state index is -0.620. The summed E-state index contributed by atoms with van der Waals surface area (Å²) in [7, 11) is 0. The van der Waals surface area contributed by atoms with Crippen molar-refractivity contribution >= 4 is 16.8 Å². The zero-order valence-corrected chi connectivity index (χ0v) is 13.7. The van der Waals surface area contributed by atoms with Gasteiger partial charge in [-0.1, -0.05) is 41.6 Å². The van der Waals surface area contributed by atoms with Crippen molar-refractivity contribution < 1.29 is 9.32 Å². The van der Waals surface area contributed by atoms with Gasteiger partial charge >= 0.3 is 0 Å². The molecule has 0 unspecified atom stereocenters. The third-order valence-electron chi connectivity index (χ3n) is 4.39. The minimum absolute atomic E-state index is 0.0633. The number of rotatable bonds is 4. The Balaban J connectivity index is 1.60. The standard InChI is InChI=1S/C20H17N3O2/c1-12-3-2-4-16-19(12)15(11-22-16)9-13-5-7-14(8-6-13)17-10-18(20(21)24)25-23-17/h2-8,10-11,22H,9H2,1H3,(H2,21,24). The number of nitrogens with one attached hydrogen (secondary N) is 1. The summed E-state index contributed by atoms with van der Waals surface area (Å²) in [6, 6.07) is 15.9. The Morgan fingerprint density at radius 1 is 1.20 bits per heavy atom. The van der Waals surface area contributed by atoms with E-state index in [1.807, 2.05) is 12.1 Å². The number of carbonyl (C=O) groups is 1. The summed E-state index contributed by atoms with van der Waals surface area (Å²) in [4.78, 5) is 14.4. The van der Waals surface area contributed by atoms with Crippen molar-refractivity contribution in [3.63, 3.8) is 0 Å². The van der Waals surface area contributed by atoms with Crippen LogP contribution in [-0.4, -0.2) is 16.0 Å². The molecule has 0 radical (unpaired) electrons. The number of aromatic amines is 1. The van der Waals surface area contributed by atoms with Gasteiger partial charge in [-0.05, 0) is 36.1 Å². The molecule has 0 saturated carbocycles. The molecule has 0 atom stereocenters. The highest BCUT2D eigenvalue weighted by Crippen LogP contribution is 2.25. The molecule has 3 N–H and O–H groups in total. The first-order valence-corrected chi connectivity index (χ1v) is 8.03. The summed E-state index contributed by atoms with van der Waals surface area (Å²) in [5, 5.41) is 5.17. The number of nitrogens with two attached hydrogens (primary N) is 1. The summed E-state index contributed by atoms with van der Waals surface area (Å²) < 4.78 is 4.93. The third-order valence-corrected chi connectivity index (χ3v) is 4.39. The molecule has 0 aliphatic heterocycles. The summed E-state index contributed by atoms with van der Waals surface area (Å²) in [6.07, 6.45) is 2.92. The van der Waals surface area contributed by atoms with Gasteiger partial charge in [0, 0.05) is 28.7 Å². The molecule has 0 bridgehead atoms. The average Bonchev–Trinajstić information content (AvgIpc) is 3.24. The lowest BCUT2D eigenvalue weighted by Gasteiger charge is -2.04. The molecule has 124 valence electrons. The number of hydrogen-bond acceptors (Lipinski definition) is 3. The summed E-state index contributed by atoms with van der Waals surface area (Å²) in [5.41, 5.74) is 11.6. The van der Waals surface area contributed by atoms with Crippen molar-refractivity contribution in [1.29, 1.82) is 0 Å². The van der Waals surface area contributed by atoms with Crippen molar-refractivity contribution in [2.24, 2.45) is 5.73 Å². The maximum atomic E-state index is 11.1. The lowest BCUT2D eigenvalue weighted by Crippen LogP contribution is -2.09. The van der Waals surface area contributed by atoms with Crippen LogP contribution in [0.4, 0.5) is 0 Å². The molecule has 1 amide bonds. The Kier molecular flexibility index (Phi) is 3.61. The lowest BCUT2D eigenvalue weighted by molar-refractivity contribution is 0.0965. The summed E-state index contributed by atoms with van der Waals surface area (Å²) in [5.74, 6) is -0.557. The van der Waals surface area contributed by atoms with E-state index in [0.29, 0.717) is 5.69 Å². The van der Waals surface area contributed by atoms with Gasteiger partial charge in [0.25, 0.3) is 5.91 Å². The first kappa shape index (κ1) is 15.2. The van der Waals surface area contributed by atoms with Gasteiger partial charge < -0.3 is 15.2 Å². The quantitative estimate of drug-likeness (QED) is 0.596. The molecule has 0 spiro atoms. The SMILES string of the molecule is Cc1cccc2[nH]cc(Cc3ccc(-c4cc(C(N)=O)on4)cc3)c12. The number of aryl methyl sites for hydroxylation is 1. The van der Waals surface area contributed by atoms with E-state index in [1.165, 1.54) is 22.1 Å². The highest BCUT2D eigenvalue weighted by Gasteiger charge is 2.11. The molecule has 25 heavy (non-hydrogen) atoms. The minimum Gasteiger partial charge on any atom is -0.363 e. The molecule has 4 rings (SSSR count). The van der Waals surface area contributed by atoms with Crippen molar-refractivity contribution in [2.45, 2.75) is 13.3 Å². The second-order valence-corrected chi connectivity index (χ2v) is 6.13. The second-order valence-electron chi connectivity index (χ2n) is 6.13. The average molecular weight is 331 g/mol. The van der Waals surface area contributed by atoms with Gasteiger partial charge in [-0.3, -0.25) is 4.79 Å². The van der Waals surface area contributed by atoms with Crippen molar-refractivity contribution in [1.82, 2.24) is 10.1 Å². The van der Waals surface area contributed by atoms with E-state index in [9.17, 15) is 4.79 Å². The number of aromatic nitrogens is 2. The van der Waals surface area contributed by atoms with E-state index in [-0.39, 0.29) is 5.76 Å². The van der Waals surface area contributed by atoms with Gasteiger partial charge in [0.15, 0.2) is 0 Å². The molecule has 2 aromatic carbocycles. The Morgan fingerprint density at radius 2 is 2.00 bits per heavy atom. The molecule has 4 aromatic rings. The molecule has 5 nitrogen and oxygen atoms in total. The molecule has 2 heterocycles. The fraction of sp³-hybridized carbons (Fsp3) is 0.100. The lowest BCUT2D eigenvalue weighted by atomic mass is 10.00. The highest BCUT2D eigenvalue weighted by atomic mass is 16.5. The molecule has 0 saturated heterocycles. The summed E-state index contributed by atoms with van der Waals surface area (Å²) >= 11 is 0. The normalized spacial score (nSPS) is 11.1. The van der Waals surface area contributed by atoms with E-state index in [0.717, 1.165) is 17.5 Å². The van der Waals surface area contributed by atoms with Crippen LogP contribution in [0, 0.1) is 6.92 Å². The number of hydrogen-bond donors (Lipinski definition) is 2. The van der Waals surface area contributed by atoms with E-state index in [4.69, 9.17) is 10.3 Å². The van der Waals surface area contributed by atoms with Crippen LogP contribution in [-0.2, 0) is 6.42 Å². The zero-order chi connectivity index (χ0) is 17.4. The Hall–Kier alpha value is -3.34. The molecule has 0 aliphatic carbocycles. The fourth-order valence-electron chi connectivity index (χ4n) is 3.13. The predicted octanol–water partition coefficient (Wildman–Crippen LogP) is 3.82. The van der Waals surface area contributed by atoms with E-state index in [2.05, 4.69) is 53.6 Å². The van der Waals surface area contributed by atoms with Crippen molar-refractivity contribution in [3.8, 4) is 11.3 Å². The number of carbonyl (C=O) groups excluding carboxylic acids is 1. The molecular weight excluding hydrogens is 314 g/mol. The fourth-order valence-corrected chi connectivity index (χ4v) is 3.13. The van der Waals surface area contributed by atoms with Crippen LogP contribution < -0.4 is 5.73 Å². The van der Waals surface area contributed by atoms with E-state index >= 15 is 0 Å². The van der Waals surface area contributed by atoms with Gasteiger partial charge in [-0.15, -0.1) is 0 Å². The molecule has 2 aromatic heterocycles. The van der Waals surface area contributed by atoms with Crippen LogP contribution in [0.3, 0.4) is 0 Å². The van der Waals surface area contributed by atoms with Crippen LogP contribution in [0.2, 0.25) is 0 Å². The van der Waals surface area contributed by atoms with Crippen molar-refractivity contribution in [3.05, 3.63) is 77.2 Å². The third kappa shape index (κ3) is 2.80. The number of benzene rings is 2. The Morgan fingerprint density at radius 3 is 2.72 bits per heavy atom. The van der Waals surface area contributed by atoms with Crippen LogP contribution >= 0.6 is 0 Å². The number of primary amides is 1. The Bertz CT molecular complexity index is 1060.